The predicted molar refractivity (Wildman–Crippen MR) is 62.1 cm³/mol. The molecule has 1 aromatic rings. The molecule has 6 heteroatoms. The maximum Gasteiger partial charge on any atom is 0.292 e. The van der Waals surface area contributed by atoms with Gasteiger partial charge in [0.25, 0.3) is 11.7 Å². The second kappa shape index (κ2) is 6.23. The molecule has 6 nitrogen and oxygen atoms in total. The van der Waals surface area contributed by atoms with Crippen molar-refractivity contribution in [1.82, 2.24) is 10.3 Å². The maximum absolute atomic E-state index is 11.7. The third kappa shape index (κ3) is 3.35. The van der Waals surface area contributed by atoms with Gasteiger partial charge in [-0.2, -0.15) is 0 Å². The number of aromatic nitrogens is 1. The molecule has 0 saturated carbocycles. The van der Waals surface area contributed by atoms with Gasteiger partial charge in [0, 0.05) is 24.5 Å². The second-order valence-corrected chi connectivity index (χ2v) is 3.85. The number of hydrogen-bond donors (Lipinski definition) is 1. The normalized spacial score (nSPS) is 19.2. The van der Waals surface area contributed by atoms with Crippen molar-refractivity contribution in [1.29, 1.82) is 0 Å². The van der Waals surface area contributed by atoms with Gasteiger partial charge in [0.15, 0.2) is 0 Å². The van der Waals surface area contributed by atoms with E-state index in [2.05, 4.69) is 10.3 Å². The molecule has 1 fully saturated rings. The number of amides is 1. The van der Waals surface area contributed by atoms with Crippen molar-refractivity contribution in [2.24, 2.45) is 0 Å². The first kappa shape index (κ1) is 12.7. The number of ketones is 1. The summed E-state index contributed by atoms with van der Waals surface area (Å²) in [4.78, 5) is 27.1. The van der Waals surface area contributed by atoms with E-state index < -0.39 is 11.7 Å². The highest BCUT2D eigenvalue weighted by Gasteiger charge is 2.19. The van der Waals surface area contributed by atoms with Crippen LogP contribution in [-0.2, 0) is 14.3 Å². The molecular formula is C12H14N2O4. The van der Waals surface area contributed by atoms with Crippen LogP contribution >= 0.6 is 0 Å². The number of ether oxygens (including phenoxy) is 2. The lowest BCUT2D eigenvalue weighted by Gasteiger charge is -2.22. The molecule has 0 aromatic carbocycles. The van der Waals surface area contributed by atoms with Crippen molar-refractivity contribution in [2.45, 2.75) is 6.10 Å². The van der Waals surface area contributed by atoms with Crippen molar-refractivity contribution in [2.75, 3.05) is 26.4 Å². The van der Waals surface area contributed by atoms with Crippen LogP contribution in [0, 0.1) is 0 Å². The molecule has 1 saturated heterocycles. The van der Waals surface area contributed by atoms with Crippen LogP contribution in [0.1, 0.15) is 10.4 Å². The molecule has 96 valence electrons. The average Bonchev–Trinajstić information content (AvgIpc) is 2.46. The lowest BCUT2D eigenvalue weighted by Crippen LogP contribution is -2.42. The monoisotopic (exact) mass is 250 g/mol. The molecule has 1 aliphatic rings. The largest absolute Gasteiger partial charge is 0.376 e. The molecule has 0 aliphatic carbocycles. The van der Waals surface area contributed by atoms with Gasteiger partial charge in [0.1, 0.15) is 0 Å². The van der Waals surface area contributed by atoms with Crippen molar-refractivity contribution in [3.8, 4) is 0 Å². The van der Waals surface area contributed by atoms with E-state index in [1.807, 2.05) is 0 Å². The summed E-state index contributed by atoms with van der Waals surface area (Å²) in [5, 5.41) is 2.53. The highest BCUT2D eigenvalue weighted by molar-refractivity contribution is 6.42. The van der Waals surface area contributed by atoms with Gasteiger partial charge >= 0.3 is 0 Å². The second-order valence-electron chi connectivity index (χ2n) is 3.85. The molecule has 2 rings (SSSR count). The Morgan fingerprint density at radius 2 is 2.33 bits per heavy atom. The quantitative estimate of drug-likeness (QED) is 0.591. The van der Waals surface area contributed by atoms with Crippen LogP contribution in [-0.4, -0.2) is 49.1 Å². The number of carbonyl (C=O) groups is 2. The van der Waals surface area contributed by atoms with Gasteiger partial charge in [-0.25, -0.2) is 0 Å². The van der Waals surface area contributed by atoms with E-state index in [1.165, 1.54) is 6.20 Å². The van der Waals surface area contributed by atoms with Crippen molar-refractivity contribution in [3.05, 3.63) is 30.1 Å². The summed E-state index contributed by atoms with van der Waals surface area (Å²) in [7, 11) is 0. The molecule has 1 amide bonds. The summed E-state index contributed by atoms with van der Waals surface area (Å²) < 4.78 is 10.5. The first-order valence-corrected chi connectivity index (χ1v) is 5.69. The number of hydrogen-bond acceptors (Lipinski definition) is 5. The van der Waals surface area contributed by atoms with Gasteiger partial charge in [0.05, 0.1) is 25.9 Å². The summed E-state index contributed by atoms with van der Waals surface area (Å²) in [5.41, 5.74) is 0.274. The zero-order valence-electron chi connectivity index (χ0n) is 9.80. The molecule has 1 N–H and O–H groups in total. The topological polar surface area (TPSA) is 77.5 Å². The highest BCUT2D eigenvalue weighted by Crippen LogP contribution is 2.00. The molecule has 1 atom stereocenters. The van der Waals surface area contributed by atoms with Gasteiger partial charge in [-0.3, -0.25) is 14.6 Å². The third-order valence-corrected chi connectivity index (χ3v) is 2.51. The molecule has 1 aliphatic heterocycles. The molecule has 2 heterocycles. The smallest absolute Gasteiger partial charge is 0.292 e. The zero-order valence-corrected chi connectivity index (χ0v) is 9.80. The Bertz CT molecular complexity index is 415. The Balaban J connectivity index is 1.82. The average molecular weight is 250 g/mol. The molecule has 0 spiro atoms. The Morgan fingerprint density at radius 3 is 3.00 bits per heavy atom. The number of pyridine rings is 1. The van der Waals surface area contributed by atoms with Crippen LogP contribution in [0.25, 0.3) is 0 Å². The SMILES string of the molecule is O=C(NCC1COCCO1)C(=O)c1cccnc1. The minimum absolute atomic E-state index is 0.190. The molecular weight excluding hydrogens is 236 g/mol. The minimum atomic E-state index is -0.655. The van der Waals surface area contributed by atoms with Crippen LogP contribution in [0.2, 0.25) is 0 Å². The van der Waals surface area contributed by atoms with E-state index >= 15 is 0 Å². The van der Waals surface area contributed by atoms with Crippen LogP contribution < -0.4 is 5.32 Å². The van der Waals surface area contributed by atoms with E-state index in [9.17, 15) is 9.59 Å². The van der Waals surface area contributed by atoms with Crippen LogP contribution in [0.4, 0.5) is 0 Å². The van der Waals surface area contributed by atoms with Gasteiger partial charge in [-0.15, -0.1) is 0 Å². The predicted octanol–water partition coefficient (Wildman–Crippen LogP) is -0.204. The van der Waals surface area contributed by atoms with E-state index in [4.69, 9.17) is 9.47 Å². The summed E-state index contributed by atoms with van der Waals surface area (Å²) in [5.74, 6) is -1.25. The standard InChI is InChI=1S/C12H14N2O4/c15-11(9-2-1-3-13-6-9)12(16)14-7-10-8-17-4-5-18-10/h1-3,6,10H,4-5,7-8H2,(H,14,16). The van der Waals surface area contributed by atoms with Crippen LogP contribution in [0.15, 0.2) is 24.5 Å². The fourth-order valence-electron chi connectivity index (χ4n) is 1.57. The van der Waals surface area contributed by atoms with E-state index in [0.29, 0.717) is 19.8 Å². The number of nitrogens with zero attached hydrogens (tertiary/aromatic N) is 1. The fraction of sp³-hybridized carbons (Fsp3) is 0.417. The van der Waals surface area contributed by atoms with Gasteiger partial charge < -0.3 is 14.8 Å². The lowest BCUT2D eigenvalue weighted by atomic mass is 10.2. The van der Waals surface area contributed by atoms with Crippen molar-refractivity contribution >= 4 is 11.7 Å². The summed E-state index contributed by atoms with van der Waals surface area (Å²) >= 11 is 0. The molecule has 1 aromatic heterocycles. The van der Waals surface area contributed by atoms with Crippen molar-refractivity contribution < 1.29 is 19.1 Å². The number of rotatable bonds is 4. The first-order valence-electron chi connectivity index (χ1n) is 5.69. The van der Waals surface area contributed by atoms with Gasteiger partial charge in [-0.05, 0) is 12.1 Å². The third-order valence-electron chi connectivity index (χ3n) is 2.51. The van der Waals surface area contributed by atoms with Gasteiger partial charge in [0.2, 0.25) is 0 Å². The highest BCUT2D eigenvalue weighted by atomic mass is 16.6. The zero-order chi connectivity index (χ0) is 12.8. The molecule has 0 bridgehead atoms. The van der Waals surface area contributed by atoms with E-state index in [0.717, 1.165) is 0 Å². The summed E-state index contributed by atoms with van der Waals surface area (Å²) in [6.07, 6.45) is 2.72. The first-order chi connectivity index (χ1) is 8.77. The van der Waals surface area contributed by atoms with Crippen molar-refractivity contribution in [3.63, 3.8) is 0 Å². The fourth-order valence-corrected chi connectivity index (χ4v) is 1.57. The number of nitrogens with one attached hydrogen (secondary N) is 1. The Morgan fingerprint density at radius 1 is 1.44 bits per heavy atom. The van der Waals surface area contributed by atoms with Crippen LogP contribution in [0.5, 0.6) is 0 Å². The minimum Gasteiger partial charge on any atom is -0.376 e. The van der Waals surface area contributed by atoms with E-state index in [1.54, 1.807) is 18.3 Å². The van der Waals surface area contributed by atoms with Crippen LogP contribution in [0.3, 0.4) is 0 Å². The number of carbonyl (C=O) groups excluding carboxylic acids is 2. The van der Waals surface area contributed by atoms with Gasteiger partial charge in [-0.1, -0.05) is 0 Å². The molecule has 18 heavy (non-hydrogen) atoms. The summed E-state index contributed by atoms with van der Waals surface area (Å²) in [6, 6.07) is 3.16. The Kier molecular flexibility index (Phi) is 4.38. The Labute approximate surface area is 104 Å². The molecule has 1 unspecified atom stereocenters. The Hall–Kier alpha value is -1.79. The maximum atomic E-state index is 11.7. The lowest BCUT2D eigenvalue weighted by molar-refractivity contribution is -0.120. The van der Waals surface area contributed by atoms with E-state index in [-0.39, 0.29) is 18.2 Å². The number of Topliss-reactive ketones (excluding diaryl/α,β-unsaturated/α-hetero) is 1. The summed E-state index contributed by atoms with van der Waals surface area (Å²) in [6.45, 7) is 1.78. The molecule has 0 radical (unpaired) electrons.